The highest BCUT2D eigenvalue weighted by atomic mass is 16.5. The van der Waals surface area contributed by atoms with Gasteiger partial charge in [-0.05, 0) is 83.2 Å². The number of unbranched alkanes of at least 4 members (excludes halogenated alkanes) is 18. The van der Waals surface area contributed by atoms with E-state index in [1.165, 1.54) is 103 Å². The molecule has 0 aromatic heterocycles. The van der Waals surface area contributed by atoms with Gasteiger partial charge < -0.3 is 24.0 Å². The van der Waals surface area contributed by atoms with Crippen LogP contribution in [-0.2, 0) is 28.6 Å². The Labute approximate surface area is 384 Å². The molecule has 1 rings (SSSR count). The molecule has 0 N–H and O–H groups in total. The molecule has 0 radical (unpaired) electrons. The fourth-order valence-corrected chi connectivity index (χ4v) is 9.14. The van der Waals surface area contributed by atoms with Gasteiger partial charge in [-0.3, -0.25) is 14.4 Å². The minimum absolute atomic E-state index is 0.00597. The van der Waals surface area contributed by atoms with Gasteiger partial charge in [0.25, 0.3) is 0 Å². The fraction of sp³-hybridized carbons (Fsp3) is 0.944. The molecule has 8 nitrogen and oxygen atoms in total. The van der Waals surface area contributed by atoms with Gasteiger partial charge in [-0.1, -0.05) is 182 Å². The second-order valence-electron chi connectivity index (χ2n) is 19.4. The lowest BCUT2D eigenvalue weighted by Gasteiger charge is -2.32. The van der Waals surface area contributed by atoms with Gasteiger partial charge in [-0.25, -0.2) is 0 Å². The van der Waals surface area contributed by atoms with Crippen molar-refractivity contribution in [2.75, 3.05) is 53.0 Å². The van der Waals surface area contributed by atoms with Crippen LogP contribution in [-0.4, -0.2) is 86.8 Å². The smallest absolute Gasteiger partial charge is 0.306 e. The Kier molecular flexibility index (Phi) is 40.7. The summed E-state index contributed by atoms with van der Waals surface area (Å²) in [6.07, 6.45) is 39.9. The van der Waals surface area contributed by atoms with Crippen LogP contribution in [0, 0.1) is 11.8 Å². The van der Waals surface area contributed by atoms with Crippen LogP contribution in [0.5, 0.6) is 0 Å². The van der Waals surface area contributed by atoms with Crippen molar-refractivity contribution < 1.29 is 28.6 Å². The summed E-state index contributed by atoms with van der Waals surface area (Å²) in [6, 6.07) is 0. The van der Waals surface area contributed by atoms with Crippen molar-refractivity contribution in [3.05, 3.63) is 0 Å². The molecule has 0 atom stereocenters. The van der Waals surface area contributed by atoms with Crippen molar-refractivity contribution in [3.63, 3.8) is 0 Å². The average Bonchev–Trinajstić information content (AvgIpc) is 3.26. The SMILES string of the molecule is CCCCCC(CCCCC)CCOC(=O)CCCCCCCCC(CCCCCCCCC(=O)OCCC(CCCCC)CCCCC)OC(=O)CCCN1CCN(C)CC1. The van der Waals surface area contributed by atoms with Gasteiger partial charge in [0.05, 0.1) is 13.2 Å². The highest BCUT2D eigenvalue weighted by Gasteiger charge is 2.18. The maximum atomic E-state index is 13.0. The van der Waals surface area contributed by atoms with Crippen molar-refractivity contribution in [1.29, 1.82) is 0 Å². The Bertz CT molecular complexity index is 939. The van der Waals surface area contributed by atoms with E-state index < -0.39 is 0 Å². The van der Waals surface area contributed by atoms with E-state index >= 15 is 0 Å². The van der Waals surface area contributed by atoms with E-state index in [0.29, 0.717) is 44.3 Å². The Morgan fingerprint density at radius 2 is 0.758 bits per heavy atom. The first-order chi connectivity index (χ1) is 30.3. The first kappa shape index (κ1) is 58.3. The van der Waals surface area contributed by atoms with Crippen LogP contribution in [0.1, 0.15) is 259 Å². The largest absolute Gasteiger partial charge is 0.466 e. The summed E-state index contributed by atoms with van der Waals surface area (Å²) in [6.45, 7) is 15.6. The van der Waals surface area contributed by atoms with Crippen LogP contribution in [0.3, 0.4) is 0 Å². The molecule has 366 valence electrons. The molecule has 1 fully saturated rings. The number of rotatable bonds is 45. The zero-order chi connectivity index (χ0) is 45.1. The molecular weight excluding hydrogens is 773 g/mol. The Balaban J connectivity index is 2.31. The van der Waals surface area contributed by atoms with Crippen LogP contribution in [0.25, 0.3) is 0 Å². The molecule has 0 amide bonds. The monoisotopic (exact) mass is 877 g/mol. The van der Waals surface area contributed by atoms with Crippen LogP contribution in [0.2, 0.25) is 0 Å². The van der Waals surface area contributed by atoms with E-state index in [-0.39, 0.29) is 24.0 Å². The number of carbonyl (C=O) groups excluding carboxylic acids is 3. The lowest BCUT2D eigenvalue weighted by atomic mass is 9.92. The van der Waals surface area contributed by atoms with E-state index in [2.05, 4.69) is 44.5 Å². The van der Waals surface area contributed by atoms with Crippen molar-refractivity contribution in [2.24, 2.45) is 11.8 Å². The number of piperazine rings is 1. The number of hydrogen-bond donors (Lipinski definition) is 0. The van der Waals surface area contributed by atoms with Crippen LogP contribution < -0.4 is 0 Å². The summed E-state index contributed by atoms with van der Waals surface area (Å²) in [5.74, 6) is 1.32. The normalized spacial score (nSPS) is 13.7. The zero-order valence-electron chi connectivity index (χ0n) is 42.0. The van der Waals surface area contributed by atoms with E-state index in [1.54, 1.807) is 0 Å². The highest BCUT2D eigenvalue weighted by molar-refractivity contribution is 5.70. The summed E-state index contributed by atoms with van der Waals surface area (Å²) < 4.78 is 17.4. The first-order valence-electron chi connectivity index (χ1n) is 27.2. The molecule has 1 heterocycles. The van der Waals surface area contributed by atoms with E-state index in [1.807, 2.05) is 0 Å². The summed E-state index contributed by atoms with van der Waals surface area (Å²) >= 11 is 0. The molecule has 0 aromatic carbocycles. The quantitative estimate of drug-likeness (QED) is 0.0340. The fourth-order valence-electron chi connectivity index (χ4n) is 9.14. The summed E-state index contributed by atoms with van der Waals surface area (Å²) in [5.41, 5.74) is 0. The molecule has 0 spiro atoms. The maximum absolute atomic E-state index is 13.0. The lowest BCUT2D eigenvalue weighted by Crippen LogP contribution is -2.44. The second kappa shape index (κ2) is 43.2. The molecule has 1 saturated heterocycles. The third kappa shape index (κ3) is 36.6. The third-order valence-electron chi connectivity index (χ3n) is 13.5. The average molecular weight is 877 g/mol. The van der Waals surface area contributed by atoms with Crippen LogP contribution >= 0.6 is 0 Å². The van der Waals surface area contributed by atoms with Gasteiger partial charge >= 0.3 is 17.9 Å². The predicted octanol–water partition coefficient (Wildman–Crippen LogP) is 14.6. The Morgan fingerprint density at radius 1 is 0.403 bits per heavy atom. The predicted molar refractivity (Wildman–Crippen MR) is 262 cm³/mol. The Morgan fingerprint density at radius 3 is 1.16 bits per heavy atom. The van der Waals surface area contributed by atoms with Crippen molar-refractivity contribution in [2.45, 2.75) is 265 Å². The second-order valence-corrected chi connectivity index (χ2v) is 19.4. The van der Waals surface area contributed by atoms with Crippen LogP contribution in [0.4, 0.5) is 0 Å². The standard InChI is InChI=1S/C54H104N2O6/c1-6-10-22-31-49(32-23-11-7-2)40-47-60-52(57)37-28-20-16-14-18-26-35-51(62-54(59)39-30-42-56-45-43-55(5)44-46-56)36-27-19-15-17-21-29-38-53(58)61-48-41-50(33-24-12-8-3)34-25-13-9-4/h49-51H,6-48H2,1-5H3. The Hall–Kier alpha value is -1.67. The molecule has 8 heteroatoms. The highest BCUT2D eigenvalue weighted by Crippen LogP contribution is 2.23. The van der Waals surface area contributed by atoms with Gasteiger partial charge in [-0.2, -0.15) is 0 Å². The molecule has 0 aliphatic carbocycles. The van der Waals surface area contributed by atoms with Gasteiger partial charge in [-0.15, -0.1) is 0 Å². The number of esters is 3. The molecule has 1 aliphatic heterocycles. The molecule has 0 saturated carbocycles. The van der Waals surface area contributed by atoms with Gasteiger partial charge in [0, 0.05) is 45.4 Å². The zero-order valence-corrected chi connectivity index (χ0v) is 42.0. The van der Waals surface area contributed by atoms with Gasteiger partial charge in [0.1, 0.15) is 6.10 Å². The summed E-state index contributed by atoms with van der Waals surface area (Å²) in [5, 5.41) is 0. The molecule has 1 aliphatic rings. The summed E-state index contributed by atoms with van der Waals surface area (Å²) in [4.78, 5) is 42.6. The van der Waals surface area contributed by atoms with Gasteiger partial charge in [0.15, 0.2) is 0 Å². The van der Waals surface area contributed by atoms with E-state index in [0.717, 1.165) is 142 Å². The molecular formula is C54H104N2O6. The van der Waals surface area contributed by atoms with Crippen molar-refractivity contribution >= 4 is 17.9 Å². The topological polar surface area (TPSA) is 85.4 Å². The molecule has 62 heavy (non-hydrogen) atoms. The number of carbonyl (C=O) groups is 3. The number of nitrogens with zero attached hydrogens (tertiary/aromatic N) is 2. The van der Waals surface area contributed by atoms with Crippen molar-refractivity contribution in [3.8, 4) is 0 Å². The van der Waals surface area contributed by atoms with E-state index in [4.69, 9.17) is 14.2 Å². The number of likely N-dealkylation sites (N-methyl/N-ethyl adjacent to an activating group) is 1. The van der Waals surface area contributed by atoms with Crippen molar-refractivity contribution in [1.82, 2.24) is 9.80 Å². The lowest BCUT2D eigenvalue weighted by molar-refractivity contribution is -0.150. The van der Waals surface area contributed by atoms with Crippen LogP contribution in [0.15, 0.2) is 0 Å². The molecule has 0 aromatic rings. The minimum Gasteiger partial charge on any atom is -0.466 e. The number of ether oxygens (including phenoxy) is 3. The summed E-state index contributed by atoms with van der Waals surface area (Å²) in [7, 11) is 2.18. The third-order valence-corrected chi connectivity index (χ3v) is 13.5. The van der Waals surface area contributed by atoms with E-state index in [9.17, 15) is 14.4 Å². The molecule has 0 bridgehead atoms. The molecule has 0 unspecified atom stereocenters. The van der Waals surface area contributed by atoms with Gasteiger partial charge in [0.2, 0.25) is 0 Å². The minimum atomic E-state index is -0.0325. The maximum Gasteiger partial charge on any atom is 0.306 e. The first-order valence-corrected chi connectivity index (χ1v) is 27.2. The number of hydrogen-bond acceptors (Lipinski definition) is 8.